The molecular formula is C17H17NO3S. The normalized spacial score (nSPS) is 17.2. The molecule has 22 heavy (non-hydrogen) atoms. The number of sulfonamides is 1. The largest absolute Gasteiger partial charge is 0.289 e. The van der Waals surface area contributed by atoms with Gasteiger partial charge < -0.3 is 0 Å². The molecule has 0 bridgehead atoms. The number of benzene rings is 2. The third-order valence-corrected chi connectivity index (χ3v) is 5.67. The fourth-order valence-electron chi connectivity index (χ4n) is 2.61. The predicted octanol–water partition coefficient (Wildman–Crippen LogP) is 2.85. The quantitative estimate of drug-likeness (QED) is 0.818. The molecule has 3 rings (SSSR count). The van der Waals surface area contributed by atoms with Gasteiger partial charge in [0.1, 0.15) is 0 Å². The zero-order valence-corrected chi connectivity index (χ0v) is 12.9. The maximum Gasteiger partial charge on any atom is 0.235 e. The molecule has 1 fully saturated rings. The van der Waals surface area contributed by atoms with Crippen LogP contribution in [0.3, 0.4) is 0 Å². The molecule has 1 aliphatic rings. The lowest BCUT2D eigenvalue weighted by Crippen LogP contribution is -2.37. The Balaban J connectivity index is 1.86. The van der Waals surface area contributed by atoms with E-state index in [0.29, 0.717) is 29.8 Å². The monoisotopic (exact) mass is 315 g/mol. The maximum absolute atomic E-state index is 12.3. The van der Waals surface area contributed by atoms with Gasteiger partial charge in [0, 0.05) is 17.7 Å². The van der Waals surface area contributed by atoms with Gasteiger partial charge in [-0.05, 0) is 37.1 Å². The molecule has 2 aromatic rings. The van der Waals surface area contributed by atoms with Crippen LogP contribution in [0.5, 0.6) is 0 Å². The summed E-state index contributed by atoms with van der Waals surface area (Å²) in [6.07, 6.45) is 1.58. The maximum atomic E-state index is 12.3. The number of carbonyl (C=O) groups is 1. The molecule has 1 aliphatic heterocycles. The van der Waals surface area contributed by atoms with Crippen LogP contribution in [-0.2, 0) is 10.0 Å². The number of carbonyl (C=O) groups excluding carboxylic acids is 1. The van der Waals surface area contributed by atoms with Crippen molar-refractivity contribution in [1.82, 2.24) is 0 Å². The van der Waals surface area contributed by atoms with E-state index < -0.39 is 10.0 Å². The highest BCUT2D eigenvalue weighted by molar-refractivity contribution is 7.92. The van der Waals surface area contributed by atoms with Gasteiger partial charge >= 0.3 is 0 Å². The summed E-state index contributed by atoms with van der Waals surface area (Å²) in [6.45, 7) is 0.508. The molecule has 0 N–H and O–H groups in total. The molecule has 1 saturated heterocycles. The summed E-state index contributed by atoms with van der Waals surface area (Å²) in [6, 6.07) is 15.8. The Morgan fingerprint density at radius 2 is 1.50 bits per heavy atom. The van der Waals surface area contributed by atoms with Crippen LogP contribution < -0.4 is 4.31 Å². The average molecular weight is 315 g/mol. The summed E-state index contributed by atoms with van der Waals surface area (Å²) >= 11 is 0. The number of anilines is 1. The van der Waals surface area contributed by atoms with Crippen molar-refractivity contribution in [3.63, 3.8) is 0 Å². The molecule has 0 radical (unpaired) electrons. The second-order valence-electron chi connectivity index (χ2n) is 5.34. The lowest BCUT2D eigenvalue weighted by molar-refractivity contribution is 0.103. The van der Waals surface area contributed by atoms with Crippen LogP contribution in [0, 0.1) is 0 Å². The number of hydrogen-bond donors (Lipinski definition) is 0. The summed E-state index contributed by atoms with van der Waals surface area (Å²) < 4.78 is 25.6. The van der Waals surface area contributed by atoms with Crippen LogP contribution in [0.1, 0.15) is 28.8 Å². The van der Waals surface area contributed by atoms with E-state index in [-0.39, 0.29) is 11.5 Å². The smallest absolute Gasteiger partial charge is 0.235 e. The molecule has 0 unspecified atom stereocenters. The molecule has 0 aromatic heterocycles. The van der Waals surface area contributed by atoms with E-state index in [2.05, 4.69) is 0 Å². The van der Waals surface area contributed by atoms with E-state index in [4.69, 9.17) is 0 Å². The van der Waals surface area contributed by atoms with Crippen LogP contribution in [0.2, 0.25) is 0 Å². The van der Waals surface area contributed by atoms with Gasteiger partial charge in [-0.15, -0.1) is 0 Å². The number of hydrogen-bond acceptors (Lipinski definition) is 3. The van der Waals surface area contributed by atoms with Crippen molar-refractivity contribution < 1.29 is 13.2 Å². The molecule has 0 atom stereocenters. The van der Waals surface area contributed by atoms with Gasteiger partial charge in [0.15, 0.2) is 5.78 Å². The van der Waals surface area contributed by atoms with Gasteiger partial charge in [-0.3, -0.25) is 9.10 Å². The second-order valence-corrected chi connectivity index (χ2v) is 7.35. The van der Waals surface area contributed by atoms with Gasteiger partial charge in [0.05, 0.1) is 11.4 Å². The summed E-state index contributed by atoms with van der Waals surface area (Å²) in [5.74, 6) is 0.131. The Hall–Kier alpha value is -2.14. The standard InChI is InChI=1S/C17H17NO3S/c19-17(14-6-2-1-3-7-14)15-8-10-16(11-9-15)18-12-4-5-13-22(18,20)21/h1-3,6-11H,4-5,12-13H2. The van der Waals surface area contributed by atoms with E-state index in [9.17, 15) is 13.2 Å². The van der Waals surface area contributed by atoms with E-state index in [1.54, 1.807) is 36.4 Å². The Bertz CT molecular complexity index is 767. The van der Waals surface area contributed by atoms with E-state index in [1.807, 2.05) is 18.2 Å². The summed E-state index contributed by atoms with van der Waals surface area (Å²) in [5, 5.41) is 0. The SMILES string of the molecule is O=C(c1ccccc1)c1ccc(N2CCCCS2(=O)=O)cc1. The van der Waals surface area contributed by atoms with Gasteiger partial charge in [-0.2, -0.15) is 0 Å². The number of nitrogens with zero attached hydrogens (tertiary/aromatic N) is 1. The summed E-state index contributed by atoms with van der Waals surface area (Å²) in [5.41, 5.74) is 1.81. The van der Waals surface area contributed by atoms with Gasteiger partial charge in [-0.25, -0.2) is 8.42 Å². The highest BCUT2D eigenvalue weighted by Gasteiger charge is 2.25. The zero-order chi connectivity index (χ0) is 15.6. The van der Waals surface area contributed by atoms with Crippen molar-refractivity contribution >= 4 is 21.5 Å². The van der Waals surface area contributed by atoms with Gasteiger partial charge in [0.2, 0.25) is 10.0 Å². The first-order valence-corrected chi connectivity index (χ1v) is 8.89. The molecular weight excluding hydrogens is 298 g/mol. The Kier molecular flexibility index (Phi) is 3.98. The summed E-state index contributed by atoms with van der Waals surface area (Å²) in [7, 11) is -3.21. The lowest BCUT2D eigenvalue weighted by Gasteiger charge is -2.28. The van der Waals surface area contributed by atoms with E-state index in [0.717, 1.165) is 6.42 Å². The highest BCUT2D eigenvalue weighted by atomic mass is 32.2. The first-order chi connectivity index (χ1) is 10.6. The van der Waals surface area contributed by atoms with Crippen LogP contribution in [0.25, 0.3) is 0 Å². The molecule has 0 saturated carbocycles. The Labute approximate surface area is 130 Å². The molecule has 4 nitrogen and oxygen atoms in total. The third-order valence-electron chi connectivity index (χ3n) is 3.80. The zero-order valence-electron chi connectivity index (χ0n) is 12.1. The minimum Gasteiger partial charge on any atom is -0.289 e. The van der Waals surface area contributed by atoms with Crippen molar-refractivity contribution in [2.24, 2.45) is 0 Å². The Morgan fingerprint density at radius 3 is 2.14 bits per heavy atom. The van der Waals surface area contributed by atoms with Crippen LogP contribution >= 0.6 is 0 Å². The topological polar surface area (TPSA) is 54.5 Å². The number of rotatable bonds is 3. The van der Waals surface area contributed by atoms with Crippen molar-refractivity contribution in [3.05, 3.63) is 65.7 Å². The molecule has 114 valence electrons. The molecule has 0 amide bonds. The third kappa shape index (κ3) is 2.90. The molecule has 5 heteroatoms. The minimum atomic E-state index is -3.21. The molecule has 2 aromatic carbocycles. The van der Waals surface area contributed by atoms with Crippen molar-refractivity contribution in [2.75, 3.05) is 16.6 Å². The highest BCUT2D eigenvalue weighted by Crippen LogP contribution is 2.24. The predicted molar refractivity (Wildman–Crippen MR) is 86.7 cm³/mol. The first-order valence-electron chi connectivity index (χ1n) is 7.28. The average Bonchev–Trinajstić information content (AvgIpc) is 2.55. The first kappa shape index (κ1) is 14.8. The molecule has 0 aliphatic carbocycles. The van der Waals surface area contributed by atoms with Crippen LogP contribution in [0.4, 0.5) is 5.69 Å². The van der Waals surface area contributed by atoms with Crippen LogP contribution in [-0.4, -0.2) is 26.5 Å². The minimum absolute atomic E-state index is 0.0614. The molecule has 1 heterocycles. The van der Waals surface area contributed by atoms with Crippen molar-refractivity contribution in [3.8, 4) is 0 Å². The lowest BCUT2D eigenvalue weighted by atomic mass is 10.0. The fraction of sp³-hybridized carbons (Fsp3) is 0.235. The van der Waals surface area contributed by atoms with Crippen molar-refractivity contribution in [1.29, 1.82) is 0 Å². The van der Waals surface area contributed by atoms with E-state index >= 15 is 0 Å². The Morgan fingerprint density at radius 1 is 0.864 bits per heavy atom. The van der Waals surface area contributed by atoms with E-state index in [1.165, 1.54) is 4.31 Å². The fourth-order valence-corrected chi connectivity index (χ4v) is 4.25. The van der Waals surface area contributed by atoms with Crippen LogP contribution in [0.15, 0.2) is 54.6 Å². The van der Waals surface area contributed by atoms with Crippen molar-refractivity contribution in [2.45, 2.75) is 12.8 Å². The van der Waals surface area contributed by atoms with Gasteiger partial charge in [0.25, 0.3) is 0 Å². The molecule has 0 spiro atoms. The number of ketones is 1. The second kappa shape index (κ2) is 5.93. The summed E-state index contributed by atoms with van der Waals surface area (Å²) in [4.78, 5) is 12.3. The van der Waals surface area contributed by atoms with Gasteiger partial charge in [-0.1, -0.05) is 30.3 Å².